The van der Waals surface area contributed by atoms with E-state index in [1.807, 2.05) is 0 Å². The number of halogens is 3. The fourth-order valence-electron chi connectivity index (χ4n) is 3.98. The van der Waals surface area contributed by atoms with Crippen LogP contribution in [-0.4, -0.2) is 48.3 Å². The summed E-state index contributed by atoms with van der Waals surface area (Å²) in [4.78, 5) is 13.9. The third-order valence-corrected chi connectivity index (χ3v) is 6.77. The van der Waals surface area contributed by atoms with Crippen molar-refractivity contribution < 1.29 is 23.1 Å². The number of rotatable bonds is 5. The second kappa shape index (κ2) is 9.41. The molecular weight excluding hydrogens is 455 g/mol. The minimum absolute atomic E-state index is 0.00423. The summed E-state index contributed by atoms with van der Waals surface area (Å²) in [7, 11) is 0. The van der Waals surface area contributed by atoms with Gasteiger partial charge in [0, 0.05) is 42.0 Å². The Morgan fingerprint density at radius 1 is 1.24 bits per heavy atom. The molecule has 4 rings (SSSR count). The molecule has 1 saturated heterocycles. The lowest BCUT2D eigenvalue weighted by Gasteiger charge is -2.34. The molecule has 0 spiro atoms. The van der Waals surface area contributed by atoms with Crippen LogP contribution in [0, 0.1) is 11.3 Å². The molecule has 2 heterocycles. The van der Waals surface area contributed by atoms with Gasteiger partial charge in [-0.25, -0.2) is 4.79 Å². The number of alkyl halides is 3. The Kier molecular flexibility index (Phi) is 6.58. The molecule has 2 aliphatic rings. The second-order valence-corrected chi connectivity index (χ2v) is 9.02. The number of carbonyl (C=O) groups is 1. The Morgan fingerprint density at radius 3 is 2.67 bits per heavy atom. The molecule has 7 nitrogen and oxygen atoms in total. The van der Waals surface area contributed by atoms with Crippen molar-refractivity contribution in [3.63, 3.8) is 0 Å². The number of hydrogen-bond donors (Lipinski definition) is 4. The molecule has 0 bridgehead atoms. The van der Waals surface area contributed by atoms with Gasteiger partial charge in [-0.2, -0.15) is 18.4 Å². The SMILES string of the molecule is N#Cc1ccc2c(c1)Sc1cc(C(F)(F)F)cc(NC3CCN(CCNC(=O)O)CC3)c1N2. The molecule has 4 N–H and O–H groups in total. The quantitative estimate of drug-likeness (QED) is 0.413. The maximum absolute atomic E-state index is 13.6. The number of likely N-dealkylation sites (tertiary alicyclic amines) is 1. The molecule has 0 aromatic heterocycles. The summed E-state index contributed by atoms with van der Waals surface area (Å²) in [5.74, 6) is 0. The van der Waals surface area contributed by atoms with Crippen molar-refractivity contribution in [3.05, 3.63) is 41.5 Å². The monoisotopic (exact) mass is 477 g/mol. The number of fused-ring (bicyclic) bond motifs is 2. The first-order chi connectivity index (χ1) is 15.7. The maximum Gasteiger partial charge on any atom is 0.416 e. The second-order valence-electron chi connectivity index (χ2n) is 7.94. The van der Waals surface area contributed by atoms with E-state index in [0.717, 1.165) is 43.8 Å². The van der Waals surface area contributed by atoms with Gasteiger partial charge in [0.2, 0.25) is 0 Å². The van der Waals surface area contributed by atoms with Gasteiger partial charge >= 0.3 is 12.3 Å². The predicted octanol–water partition coefficient (Wildman–Crippen LogP) is 4.93. The molecule has 1 amide bonds. The van der Waals surface area contributed by atoms with E-state index >= 15 is 0 Å². The van der Waals surface area contributed by atoms with Gasteiger partial charge in [-0.05, 0) is 43.2 Å². The Bertz CT molecular complexity index is 1090. The summed E-state index contributed by atoms with van der Waals surface area (Å²) in [6.45, 7) is 2.38. The number of carboxylic acid groups (broad SMARTS) is 1. The van der Waals surface area contributed by atoms with Crippen molar-refractivity contribution in [2.24, 2.45) is 0 Å². The molecule has 2 aliphatic heterocycles. The van der Waals surface area contributed by atoms with Crippen LogP contribution in [0.4, 0.5) is 35.0 Å². The Labute approximate surface area is 193 Å². The summed E-state index contributed by atoms with van der Waals surface area (Å²) in [6, 6.07) is 9.42. The Morgan fingerprint density at radius 2 is 2.00 bits per heavy atom. The number of nitrogens with zero attached hydrogens (tertiary/aromatic N) is 2. The zero-order valence-electron chi connectivity index (χ0n) is 17.5. The van der Waals surface area contributed by atoms with E-state index in [2.05, 4.69) is 26.9 Å². The molecular formula is C22H22F3N5O2S. The van der Waals surface area contributed by atoms with Crippen molar-refractivity contribution in [1.82, 2.24) is 10.2 Å². The molecule has 174 valence electrons. The maximum atomic E-state index is 13.6. The average Bonchev–Trinajstić information content (AvgIpc) is 2.77. The largest absolute Gasteiger partial charge is 0.465 e. The molecule has 0 aliphatic carbocycles. The predicted molar refractivity (Wildman–Crippen MR) is 119 cm³/mol. The van der Waals surface area contributed by atoms with Crippen LogP contribution >= 0.6 is 11.8 Å². The summed E-state index contributed by atoms with van der Waals surface area (Å²) >= 11 is 1.21. The first-order valence-corrected chi connectivity index (χ1v) is 11.2. The topological polar surface area (TPSA) is 100 Å². The standard InChI is InChI=1S/C22H22F3N5O2S/c23-22(24,25)14-10-17(28-15-3-6-30(7-4-15)8-5-27-21(31)32)20-19(11-14)33-18-9-13(12-26)1-2-16(18)29-20/h1-2,9-11,15,27-29H,3-8H2,(H,31,32). The highest BCUT2D eigenvalue weighted by molar-refractivity contribution is 7.99. The number of anilines is 3. The normalized spacial score (nSPS) is 16.2. The van der Waals surface area contributed by atoms with Gasteiger partial charge in [0.05, 0.1) is 34.3 Å². The minimum atomic E-state index is -4.48. The van der Waals surface area contributed by atoms with Crippen molar-refractivity contribution in [2.45, 2.75) is 34.9 Å². The smallest absolute Gasteiger partial charge is 0.416 e. The molecule has 1 fully saturated rings. The highest BCUT2D eigenvalue weighted by atomic mass is 32.2. The first kappa shape index (κ1) is 23.1. The highest BCUT2D eigenvalue weighted by Gasteiger charge is 2.34. The van der Waals surface area contributed by atoms with Gasteiger partial charge < -0.3 is 26.0 Å². The number of benzene rings is 2. The Balaban J connectivity index is 1.52. The number of nitriles is 1. The summed E-state index contributed by atoms with van der Waals surface area (Å²) in [6.07, 6.45) is -4.08. The van der Waals surface area contributed by atoms with Gasteiger partial charge in [0.25, 0.3) is 0 Å². The molecule has 0 atom stereocenters. The van der Waals surface area contributed by atoms with Crippen LogP contribution < -0.4 is 16.0 Å². The lowest BCUT2D eigenvalue weighted by molar-refractivity contribution is -0.137. The number of nitrogens with one attached hydrogen (secondary N) is 3. The van der Waals surface area contributed by atoms with Gasteiger partial charge in [0.15, 0.2) is 0 Å². The van der Waals surface area contributed by atoms with E-state index in [1.54, 1.807) is 18.2 Å². The van der Waals surface area contributed by atoms with Gasteiger partial charge in [-0.15, -0.1) is 0 Å². The van der Waals surface area contributed by atoms with Crippen LogP contribution in [0.2, 0.25) is 0 Å². The zero-order valence-corrected chi connectivity index (χ0v) is 18.3. The first-order valence-electron chi connectivity index (χ1n) is 10.4. The lowest BCUT2D eigenvalue weighted by Crippen LogP contribution is -2.42. The van der Waals surface area contributed by atoms with E-state index < -0.39 is 17.8 Å². The van der Waals surface area contributed by atoms with Crippen LogP contribution in [0.25, 0.3) is 0 Å². The minimum Gasteiger partial charge on any atom is -0.465 e. The highest BCUT2D eigenvalue weighted by Crippen LogP contribution is 2.50. The molecule has 2 aromatic rings. The van der Waals surface area contributed by atoms with Gasteiger partial charge in [-0.3, -0.25) is 0 Å². The van der Waals surface area contributed by atoms with Crippen LogP contribution in [-0.2, 0) is 6.18 Å². The molecule has 0 saturated carbocycles. The average molecular weight is 478 g/mol. The molecule has 0 unspecified atom stereocenters. The van der Waals surface area contributed by atoms with Crippen LogP contribution in [0.5, 0.6) is 0 Å². The summed E-state index contributed by atoms with van der Waals surface area (Å²) in [5, 5.41) is 26.7. The fraction of sp³-hybridized carbons (Fsp3) is 0.364. The van der Waals surface area contributed by atoms with Crippen LogP contribution in [0.15, 0.2) is 40.1 Å². The summed E-state index contributed by atoms with van der Waals surface area (Å²) < 4.78 is 40.8. The van der Waals surface area contributed by atoms with Crippen LogP contribution in [0.1, 0.15) is 24.0 Å². The van der Waals surface area contributed by atoms with Crippen molar-refractivity contribution >= 4 is 34.9 Å². The van der Waals surface area contributed by atoms with Crippen molar-refractivity contribution in [3.8, 4) is 6.07 Å². The number of hydrogen-bond acceptors (Lipinski definition) is 6. The summed E-state index contributed by atoms with van der Waals surface area (Å²) in [5.41, 5.74) is 1.46. The van der Waals surface area contributed by atoms with E-state index in [4.69, 9.17) is 10.4 Å². The zero-order chi connectivity index (χ0) is 23.6. The number of piperidine rings is 1. The molecule has 11 heteroatoms. The fourth-order valence-corrected chi connectivity index (χ4v) is 5.08. The van der Waals surface area contributed by atoms with E-state index in [-0.39, 0.29) is 6.04 Å². The van der Waals surface area contributed by atoms with Gasteiger partial charge in [-0.1, -0.05) is 11.8 Å². The molecule has 0 radical (unpaired) electrons. The third kappa shape index (κ3) is 5.46. The van der Waals surface area contributed by atoms with E-state index in [9.17, 15) is 18.0 Å². The Hall–Kier alpha value is -3.10. The number of amides is 1. The molecule has 33 heavy (non-hydrogen) atoms. The van der Waals surface area contributed by atoms with E-state index in [1.165, 1.54) is 11.8 Å². The lowest BCUT2D eigenvalue weighted by atomic mass is 10.0. The van der Waals surface area contributed by atoms with Crippen molar-refractivity contribution in [2.75, 3.05) is 36.8 Å². The van der Waals surface area contributed by atoms with E-state index in [0.29, 0.717) is 39.8 Å². The van der Waals surface area contributed by atoms with Gasteiger partial charge in [0.1, 0.15) is 0 Å². The third-order valence-electron chi connectivity index (χ3n) is 5.67. The molecule has 2 aromatic carbocycles. The van der Waals surface area contributed by atoms with Crippen molar-refractivity contribution in [1.29, 1.82) is 5.26 Å². The van der Waals surface area contributed by atoms with Crippen LogP contribution in [0.3, 0.4) is 0 Å².